The molecule has 5 heteroatoms. The summed E-state index contributed by atoms with van der Waals surface area (Å²) in [4.78, 5) is 17.2. The maximum absolute atomic E-state index is 11.6. The highest BCUT2D eigenvalue weighted by Crippen LogP contribution is 2.21. The van der Waals surface area contributed by atoms with Crippen molar-refractivity contribution in [1.29, 1.82) is 0 Å². The third kappa shape index (κ3) is 6.61. The Balaban J connectivity index is 1.75. The summed E-state index contributed by atoms with van der Waals surface area (Å²) in [5.74, 6) is 0. The van der Waals surface area contributed by atoms with E-state index in [0.29, 0.717) is 13.0 Å². The van der Waals surface area contributed by atoms with E-state index in [2.05, 4.69) is 28.7 Å². The van der Waals surface area contributed by atoms with Crippen LogP contribution in [0.5, 0.6) is 0 Å². The van der Waals surface area contributed by atoms with Crippen molar-refractivity contribution in [2.24, 2.45) is 5.16 Å². The lowest BCUT2D eigenvalue weighted by Crippen LogP contribution is -2.34. The fourth-order valence-corrected chi connectivity index (χ4v) is 2.61. The molecule has 0 aromatic heterocycles. The molecule has 0 bridgehead atoms. The fourth-order valence-electron chi connectivity index (χ4n) is 2.61. The topological polar surface area (TPSA) is 59.9 Å². The fraction of sp³-hybridized carbons (Fsp3) is 0.500. The van der Waals surface area contributed by atoms with E-state index in [-0.39, 0.29) is 6.10 Å². The minimum atomic E-state index is -0.484. The van der Waals surface area contributed by atoms with Crippen LogP contribution < -0.4 is 5.32 Å². The summed E-state index contributed by atoms with van der Waals surface area (Å²) in [6.45, 7) is 8.07. The average molecular weight is 344 g/mol. The first-order valence-electron chi connectivity index (χ1n) is 8.76. The highest BCUT2D eigenvalue weighted by molar-refractivity contribution is 6.01. The standard InChI is InChI=1S/C20H28N2O3/c1-5-16(13-15-9-7-6-8-10-15)18-14-17(25-22-18)11-12-21-19(23)24-20(2,3)4/h5-10,17H,11-14H2,1-4H3,(H,21,23)/b16-5+. The molecule has 0 aliphatic carbocycles. The molecule has 0 spiro atoms. The van der Waals surface area contributed by atoms with Crippen molar-refractivity contribution in [2.75, 3.05) is 6.54 Å². The number of carbonyl (C=O) groups is 1. The van der Waals surface area contributed by atoms with E-state index in [0.717, 1.165) is 18.6 Å². The molecule has 1 aliphatic heterocycles. The van der Waals surface area contributed by atoms with E-state index in [1.807, 2.05) is 45.9 Å². The number of amides is 1. The molecular formula is C20H28N2O3. The molecule has 0 radical (unpaired) electrons. The Labute approximate surface area is 150 Å². The number of hydrogen-bond acceptors (Lipinski definition) is 4. The van der Waals surface area contributed by atoms with Gasteiger partial charge in [-0.2, -0.15) is 0 Å². The van der Waals surface area contributed by atoms with Crippen molar-refractivity contribution in [1.82, 2.24) is 5.32 Å². The molecule has 0 fully saturated rings. The molecule has 1 unspecified atom stereocenters. The number of carbonyl (C=O) groups excluding carboxylic acids is 1. The van der Waals surface area contributed by atoms with Gasteiger partial charge in [0.15, 0.2) is 0 Å². The van der Waals surface area contributed by atoms with Gasteiger partial charge in [0.2, 0.25) is 0 Å². The third-order valence-corrected chi connectivity index (χ3v) is 3.82. The summed E-state index contributed by atoms with van der Waals surface area (Å²) in [6, 6.07) is 10.3. The molecule has 0 saturated heterocycles. The number of alkyl carbamates (subject to hydrolysis) is 1. The number of nitrogens with one attached hydrogen (secondary N) is 1. The van der Waals surface area contributed by atoms with Gasteiger partial charge in [-0.3, -0.25) is 0 Å². The van der Waals surface area contributed by atoms with Crippen molar-refractivity contribution < 1.29 is 14.4 Å². The van der Waals surface area contributed by atoms with Crippen LogP contribution in [0.2, 0.25) is 0 Å². The van der Waals surface area contributed by atoms with E-state index < -0.39 is 11.7 Å². The second kappa shape index (κ2) is 8.70. The van der Waals surface area contributed by atoms with Crippen LogP contribution in [0.25, 0.3) is 0 Å². The largest absolute Gasteiger partial charge is 0.444 e. The maximum atomic E-state index is 11.6. The summed E-state index contributed by atoms with van der Waals surface area (Å²) in [5.41, 5.74) is 2.96. The van der Waals surface area contributed by atoms with Crippen molar-refractivity contribution in [2.45, 2.75) is 58.7 Å². The molecule has 0 saturated carbocycles. The Morgan fingerprint density at radius 2 is 2.08 bits per heavy atom. The SMILES string of the molecule is C/C=C(\Cc1ccccc1)C1=NOC(CCNC(=O)OC(C)(C)C)C1. The average Bonchev–Trinajstić information content (AvgIpc) is 3.00. The first-order valence-corrected chi connectivity index (χ1v) is 8.76. The number of allylic oxidation sites excluding steroid dienone is 2. The predicted molar refractivity (Wildman–Crippen MR) is 99.7 cm³/mol. The highest BCUT2D eigenvalue weighted by Gasteiger charge is 2.23. The smallest absolute Gasteiger partial charge is 0.407 e. The molecule has 1 aromatic rings. The summed E-state index contributed by atoms with van der Waals surface area (Å²) in [7, 11) is 0. The first kappa shape index (κ1) is 19.0. The van der Waals surface area contributed by atoms with Crippen LogP contribution in [0.15, 0.2) is 47.1 Å². The Kier molecular flexibility index (Phi) is 6.62. The van der Waals surface area contributed by atoms with Crippen molar-refractivity contribution in [3.05, 3.63) is 47.5 Å². The second-order valence-electron chi connectivity index (χ2n) is 7.16. The van der Waals surface area contributed by atoms with E-state index in [9.17, 15) is 4.79 Å². The minimum Gasteiger partial charge on any atom is -0.444 e. The highest BCUT2D eigenvalue weighted by atomic mass is 16.6. The lowest BCUT2D eigenvalue weighted by Gasteiger charge is -2.19. The molecule has 1 aliphatic rings. The monoisotopic (exact) mass is 344 g/mol. The molecule has 1 N–H and O–H groups in total. The van der Waals surface area contributed by atoms with Crippen molar-refractivity contribution >= 4 is 11.8 Å². The van der Waals surface area contributed by atoms with Gasteiger partial charge in [-0.1, -0.05) is 41.6 Å². The summed E-state index contributed by atoms with van der Waals surface area (Å²) < 4.78 is 5.22. The normalized spacial score (nSPS) is 17.7. The van der Waals surface area contributed by atoms with Crippen LogP contribution in [-0.2, 0) is 16.0 Å². The Hall–Kier alpha value is -2.30. The van der Waals surface area contributed by atoms with Crippen LogP contribution in [0.4, 0.5) is 4.79 Å². The molecule has 5 nitrogen and oxygen atoms in total. The van der Waals surface area contributed by atoms with Crippen LogP contribution >= 0.6 is 0 Å². The lowest BCUT2D eigenvalue weighted by molar-refractivity contribution is 0.0496. The molecule has 136 valence electrons. The van der Waals surface area contributed by atoms with Gasteiger partial charge >= 0.3 is 6.09 Å². The van der Waals surface area contributed by atoms with Gasteiger partial charge in [0.05, 0.1) is 5.71 Å². The van der Waals surface area contributed by atoms with Crippen LogP contribution in [-0.4, -0.2) is 30.1 Å². The molecule has 1 heterocycles. The number of oxime groups is 1. The third-order valence-electron chi connectivity index (χ3n) is 3.82. The zero-order valence-electron chi connectivity index (χ0n) is 15.5. The molecular weight excluding hydrogens is 316 g/mol. The van der Waals surface area contributed by atoms with Gasteiger partial charge in [-0.25, -0.2) is 4.79 Å². The number of rotatable bonds is 6. The molecule has 2 rings (SSSR count). The van der Waals surface area contributed by atoms with Crippen molar-refractivity contribution in [3.8, 4) is 0 Å². The molecule has 25 heavy (non-hydrogen) atoms. The zero-order chi connectivity index (χ0) is 18.3. The van der Waals surface area contributed by atoms with E-state index in [1.165, 1.54) is 11.1 Å². The molecule has 1 amide bonds. The zero-order valence-corrected chi connectivity index (χ0v) is 15.5. The van der Waals surface area contributed by atoms with Crippen LogP contribution in [0.1, 0.15) is 46.1 Å². The van der Waals surface area contributed by atoms with E-state index >= 15 is 0 Å². The summed E-state index contributed by atoms with van der Waals surface area (Å²) in [5, 5.41) is 7.00. The number of ether oxygens (including phenoxy) is 1. The molecule has 1 atom stereocenters. The van der Waals surface area contributed by atoms with Crippen LogP contribution in [0, 0.1) is 0 Å². The lowest BCUT2D eigenvalue weighted by atomic mass is 9.97. The van der Waals surface area contributed by atoms with Gasteiger partial charge in [-0.15, -0.1) is 0 Å². The Morgan fingerprint density at radius 3 is 2.72 bits per heavy atom. The first-order chi connectivity index (χ1) is 11.9. The number of nitrogens with zero attached hydrogens (tertiary/aromatic N) is 1. The maximum Gasteiger partial charge on any atom is 0.407 e. The van der Waals surface area contributed by atoms with Gasteiger partial charge < -0.3 is 14.9 Å². The van der Waals surface area contributed by atoms with Crippen molar-refractivity contribution in [3.63, 3.8) is 0 Å². The second-order valence-corrected chi connectivity index (χ2v) is 7.16. The predicted octanol–water partition coefficient (Wildman–Crippen LogP) is 4.24. The van der Waals surface area contributed by atoms with Gasteiger partial charge in [-0.05, 0) is 45.3 Å². The van der Waals surface area contributed by atoms with Crippen LogP contribution in [0.3, 0.4) is 0 Å². The Morgan fingerprint density at radius 1 is 1.36 bits per heavy atom. The Bertz CT molecular complexity index is 630. The summed E-state index contributed by atoms with van der Waals surface area (Å²) in [6.07, 6.45) is 4.01. The number of hydrogen-bond donors (Lipinski definition) is 1. The quantitative estimate of drug-likeness (QED) is 0.840. The minimum absolute atomic E-state index is 0.00402. The van der Waals surface area contributed by atoms with E-state index in [1.54, 1.807) is 0 Å². The van der Waals surface area contributed by atoms with Gasteiger partial charge in [0, 0.05) is 19.4 Å². The van der Waals surface area contributed by atoms with E-state index in [4.69, 9.17) is 9.57 Å². The van der Waals surface area contributed by atoms with Gasteiger partial charge in [0.25, 0.3) is 0 Å². The van der Waals surface area contributed by atoms with Gasteiger partial charge in [0.1, 0.15) is 11.7 Å². The molecule has 1 aromatic carbocycles. The summed E-state index contributed by atoms with van der Waals surface area (Å²) >= 11 is 0. The number of benzene rings is 1.